The third-order valence-electron chi connectivity index (χ3n) is 2.10. The summed E-state index contributed by atoms with van der Waals surface area (Å²) >= 11 is 0. The molecule has 0 amide bonds. The smallest absolute Gasteiger partial charge is 0.251 e. The number of nitrogens with zero attached hydrogens (tertiary/aromatic N) is 3. The summed E-state index contributed by atoms with van der Waals surface area (Å²) in [7, 11) is 1.71. The predicted octanol–water partition coefficient (Wildman–Crippen LogP) is 1.66. The van der Waals surface area contributed by atoms with E-state index in [1.807, 2.05) is 20.8 Å². The van der Waals surface area contributed by atoms with Crippen molar-refractivity contribution in [1.82, 2.24) is 14.5 Å². The van der Waals surface area contributed by atoms with E-state index < -0.39 is 0 Å². The van der Waals surface area contributed by atoms with Gasteiger partial charge < -0.3 is 0 Å². The van der Waals surface area contributed by atoms with E-state index in [1.54, 1.807) is 13.1 Å². The van der Waals surface area contributed by atoms with Gasteiger partial charge >= 0.3 is 0 Å². The van der Waals surface area contributed by atoms with Crippen LogP contribution in [0.2, 0.25) is 0 Å². The van der Waals surface area contributed by atoms with E-state index in [4.69, 9.17) is 0 Å². The number of fused-ring (bicyclic) bond motifs is 1. The van der Waals surface area contributed by atoms with Crippen molar-refractivity contribution >= 4 is 11.0 Å². The van der Waals surface area contributed by atoms with Gasteiger partial charge in [-0.3, -0.25) is 9.36 Å². The van der Waals surface area contributed by atoms with Crippen molar-refractivity contribution in [2.24, 2.45) is 7.05 Å². The molecule has 0 saturated heterocycles. The van der Waals surface area contributed by atoms with Crippen molar-refractivity contribution < 1.29 is 0 Å². The lowest BCUT2D eigenvalue weighted by molar-refractivity contribution is 0.880. The summed E-state index contributed by atoms with van der Waals surface area (Å²) < 4.78 is 1.52. The third kappa shape index (κ3) is 2.03. The molecular formula is C11H15N3O. The molecule has 0 atom stereocenters. The van der Waals surface area contributed by atoms with Gasteiger partial charge in [0.1, 0.15) is 12.0 Å². The van der Waals surface area contributed by atoms with Crippen LogP contribution >= 0.6 is 0 Å². The third-order valence-corrected chi connectivity index (χ3v) is 2.10. The zero-order valence-electron chi connectivity index (χ0n) is 9.48. The molecule has 0 unspecified atom stereocenters. The van der Waals surface area contributed by atoms with Crippen LogP contribution in [0.1, 0.15) is 19.5 Å². The van der Waals surface area contributed by atoms with E-state index in [1.165, 1.54) is 17.0 Å². The van der Waals surface area contributed by atoms with Crippen LogP contribution in [0.15, 0.2) is 23.3 Å². The molecule has 0 aliphatic heterocycles. The van der Waals surface area contributed by atoms with Gasteiger partial charge in [-0.1, -0.05) is 13.8 Å². The van der Waals surface area contributed by atoms with Crippen LogP contribution in [-0.2, 0) is 7.05 Å². The Kier molecular flexibility index (Phi) is 3.55. The minimum Gasteiger partial charge on any atom is -0.296 e. The lowest BCUT2D eigenvalue weighted by Gasteiger charge is -2.03. The number of pyridine rings is 1. The van der Waals surface area contributed by atoms with Crippen molar-refractivity contribution in [3.8, 4) is 0 Å². The van der Waals surface area contributed by atoms with Gasteiger partial charge in [0.2, 0.25) is 0 Å². The van der Waals surface area contributed by atoms with Crippen LogP contribution in [0.4, 0.5) is 0 Å². The van der Waals surface area contributed by atoms with Gasteiger partial charge in [0.05, 0.1) is 5.69 Å². The average molecular weight is 205 g/mol. The van der Waals surface area contributed by atoms with Crippen molar-refractivity contribution in [3.05, 3.63) is 34.5 Å². The molecule has 0 N–H and O–H groups in total. The second kappa shape index (κ2) is 4.68. The van der Waals surface area contributed by atoms with Crippen molar-refractivity contribution in [3.63, 3.8) is 0 Å². The number of hydrogen-bond acceptors (Lipinski definition) is 3. The van der Waals surface area contributed by atoms with Gasteiger partial charge in [-0.15, -0.1) is 0 Å². The maximum Gasteiger partial charge on any atom is 0.251 e. The van der Waals surface area contributed by atoms with Crippen LogP contribution in [-0.4, -0.2) is 14.5 Å². The molecule has 0 aliphatic carbocycles. The van der Waals surface area contributed by atoms with E-state index in [2.05, 4.69) is 9.97 Å². The Balaban J connectivity index is 0.000000531. The topological polar surface area (TPSA) is 47.8 Å². The minimum absolute atomic E-state index is 0.0504. The van der Waals surface area contributed by atoms with Gasteiger partial charge in [-0.25, -0.2) is 9.97 Å². The Hall–Kier alpha value is -1.71. The summed E-state index contributed by atoms with van der Waals surface area (Å²) in [6, 6.07) is 3.28. The normalized spacial score (nSPS) is 9.60. The molecular weight excluding hydrogens is 190 g/mol. The SMILES string of the molecule is CC.Cc1ncnc2c1ccc(=O)n2C. The van der Waals surface area contributed by atoms with E-state index in [0.29, 0.717) is 5.65 Å². The first kappa shape index (κ1) is 11.4. The van der Waals surface area contributed by atoms with Crippen molar-refractivity contribution in [1.29, 1.82) is 0 Å². The maximum absolute atomic E-state index is 11.2. The van der Waals surface area contributed by atoms with E-state index in [0.717, 1.165) is 11.1 Å². The van der Waals surface area contributed by atoms with Gasteiger partial charge in [0.15, 0.2) is 0 Å². The van der Waals surface area contributed by atoms with Crippen LogP contribution in [0.3, 0.4) is 0 Å². The Bertz CT molecular complexity index is 517. The molecule has 2 aromatic rings. The first-order valence-electron chi connectivity index (χ1n) is 4.97. The Morgan fingerprint density at radius 2 is 1.87 bits per heavy atom. The second-order valence-electron chi connectivity index (χ2n) is 2.93. The monoisotopic (exact) mass is 205 g/mol. The Labute approximate surface area is 88.6 Å². The Morgan fingerprint density at radius 1 is 1.20 bits per heavy atom. The highest BCUT2D eigenvalue weighted by Gasteiger charge is 2.02. The predicted molar refractivity (Wildman–Crippen MR) is 60.9 cm³/mol. The number of rotatable bonds is 0. The molecule has 2 aromatic heterocycles. The first-order valence-corrected chi connectivity index (χ1v) is 4.97. The fourth-order valence-electron chi connectivity index (χ4n) is 1.30. The molecule has 0 fully saturated rings. The summed E-state index contributed by atoms with van der Waals surface area (Å²) in [5, 5.41) is 0.921. The summed E-state index contributed by atoms with van der Waals surface area (Å²) in [5.74, 6) is 0. The molecule has 0 saturated carbocycles. The first-order chi connectivity index (χ1) is 7.20. The fourth-order valence-corrected chi connectivity index (χ4v) is 1.30. The zero-order valence-corrected chi connectivity index (χ0v) is 9.48. The van der Waals surface area contributed by atoms with Gasteiger partial charge in [0.25, 0.3) is 5.56 Å². The van der Waals surface area contributed by atoms with Crippen LogP contribution in [0, 0.1) is 6.92 Å². The lowest BCUT2D eigenvalue weighted by atomic mass is 10.2. The van der Waals surface area contributed by atoms with Crippen molar-refractivity contribution in [2.45, 2.75) is 20.8 Å². The minimum atomic E-state index is -0.0504. The van der Waals surface area contributed by atoms with Crippen LogP contribution in [0.25, 0.3) is 11.0 Å². The summed E-state index contributed by atoms with van der Waals surface area (Å²) in [5.41, 5.74) is 1.52. The molecule has 15 heavy (non-hydrogen) atoms. The van der Waals surface area contributed by atoms with Gasteiger partial charge in [-0.2, -0.15) is 0 Å². The highest BCUT2D eigenvalue weighted by Crippen LogP contribution is 2.09. The molecule has 80 valence electrons. The molecule has 4 heteroatoms. The molecule has 0 aromatic carbocycles. The zero-order chi connectivity index (χ0) is 11.4. The Morgan fingerprint density at radius 3 is 2.53 bits per heavy atom. The fraction of sp³-hybridized carbons (Fsp3) is 0.364. The highest BCUT2D eigenvalue weighted by molar-refractivity contribution is 5.76. The van der Waals surface area contributed by atoms with E-state index in [-0.39, 0.29) is 5.56 Å². The van der Waals surface area contributed by atoms with Gasteiger partial charge in [-0.05, 0) is 13.0 Å². The lowest BCUT2D eigenvalue weighted by Crippen LogP contribution is -2.16. The average Bonchev–Trinajstić information content (AvgIpc) is 2.27. The van der Waals surface area contributed by atoms with Crippen LogP contribution in [0.5, 0.6) is 0 Å². The summed E-state index contributed by atoms with van der Waals surface area (Å²) in [6.07, 6.45) is 1.47. The molecule has 0 radical (unpaired) electrons. The number of aromatic nitrogens is 3. The molecule has 4 nitrogen and oxygen atoms in total. The summed E-state index contributed by atoms with van der Waals surface area (Å²) in [4.78, 5) is 19.4. The van der Waals surface area contributed by atoms with Gasteiger partial charge in [0, 0.05) is 18.5 Å². The number of hydrogen-bond donors (Lipinski definition) is 0. The maximum atomic E-state index is 11.2. The van der Waals surface area contributed by atoms with Crippen molar-refractivity contribution in [2.75, 3.05) is 0 Å². The largest absolute Gasteiger partial charge is 0.296 e. The standard InChI is InChI=1S/C9H9N3O.C2H6/c1-6-7-3-4-8(13)12(2)9(7)11-5-10-6;1-2/h3-5H,1-2H3;1-2H3. The second-order valence-corrected chi connectivity index (χ2v) is 2.93. The highest BCUT2D eigenvalue weighted by atomic mass is 16.1. The summed E-state index contributed by atoms with van der Waals surface area (Å²) in [6.45, 7) is 5.90. The molecule has 0 spiro atoms. The van der Waals surface area contributed by atoms with E-state index >= 15 is 0 Å². The number of aryl methyl sites for hydroxylation is 2. The molecule has 0 bridgehead atoms. The van der Waals surface area contributed by atoms with E-state index in [9.17, 15) is 4.79 Å². The molecule has 2 rings (SSSR count). The molecule has 2 heterocycles. The van der Waals surface area contributed by atoms with Crippen LogP contribution < -0.4 is 5.56 Å². The molecule has 0 aliphatic rings. The quantitative estimate of drug-likeness (QED) is 0.657.